The molecule has 0 amide bonds. The van der Waals surface area contributed by atoms with Crippen molar-refractivity contribution < 1.29 is 9.15 Å². The highest BCUT2D eigenvalue weighted by Gasteiger charge is 2.14. The van der Waals surface area contributed by atoms with Crippen LogP contribution in [-0.4, -0.2) is 14.4 Å². The minimum atomic E-state index is 0.519. The summed E-state index contributed by atoms with van der Waals surface area (Å²) in [5.41, 5.74) is 5.45. The molecular formula is C32H19N3O2. The quantitative estimate of drug-likeness (QED) is 0.240. The monoisotopic (exact) mass is 477 g/mol. The number of rotatable bonds is 3. The van der Waals surface area contributed by atoms with Crippen molar-refractivity contribution in [3.8, 4) is 22.9 Å². The number of furan rings is 1. The first-order valence-electron chi connectivity index (χ1n) is 12.2. The fourth-order valence-electron chi connectivity index (χ4n) is 5.31. The fourth-order valence-corrected chi connectivity index (χ4v) is 5.31. The predicted molar refractivity (Wildman–Crippen MR) is 147 cm³/mol. The van der Waals surface area contributed by atoms with Crippen LogP contribution in [0, 0.1) is 0 Å². The van der Waals surface area contributed by atoms with E-state index < -0.39 is 0 Å². The van der Waals surface area contributed by atoms with Gasteiger partial charge >= 0.3 is 0 Å². The standard InChI is InChI=1S/C32H19N3O2/c1-3-12-28-22(7-1)21-16-15-20(19-26(21)32-33-17-18-35(28)32)36-30-14-6-11-27(34-30)25-10-5-9-24-23-8-2-4-13-29(23)37-31(24)25/h1-19H. The Labute approximate surface area is 211 Å². The molecule has 0 saturated heterocycles. The van der Waals surface area contributed by atoms with Gasteiger partial charge in [-0.05, 0) is 47.9 Å². The largest absolute Gasteiger partial charge is 0.455 e. The van der Waals surface area contributed by atoms with Gasteiger partial charge < -0.3 is 9.15 Å². The van der Waals surface area contributed by atoms with Crippen molar-refractivity contribution in [1.29, 1.82) is 0 Å². The zero-order valence-electron chi connectivity index (χ0n) is 19.6. The van der Waals surface area contributed by atoms with Gasteiger partial charge in [-0.3, -0.25) is 4.40 Å². The normalized spacial score (nSPS) is 11.8. The second-order valence-corrected chi connectivity index (χ2v) is 9.09. The van der Waals surface area contributed by atoms with Gasteiger partial charge in [-0.25, -0.2) is 9.97 Å². The van der Waals surface area contributed by atoms with Crippen LogP contribution in [0.25, 0.3) is 60.5 Å². The van der Waals surface area contributed by atoms with Crippen LogP contribution in [-0.2, 0) is 0 Å². The Morgan fingerprint density at radius 1 is 0.676 bits per heavy atom. The van der Waals surface area contributed by atoms with Crippen molar-refractivity contribution in [2.24, 2.45) is 0 Å². The number of pyridine rings is 2. The molecule has 4 aromatic carbocycles. The first kappa shape index (κ1) is 20.1. The molecule has 0 bridgehead atoms. The summed E-state index contributed by atoms with van der Waals surface area (Å²) in [5, 5.41) is 5.52. The lowest BCUT2D eigenvalue weighted by Crippen LogP contribution is -1.93. The lowest BCUT2D eigenvalue weighted by Gasteiger charge is -2.11. The van der Waals surface area contributed by atoms with Crippen molar-refractivity contribution >= 4 is 49.3 Å². The van der Waals surface area contributed by atoms with Gasteiger partial charge in [0, 0.05) is 45.6 Å². The molecule has 174 valence electrons. The molecule has 0 aliphatic rings. The van der Waals surface area contributed by atoms with Gasteiger partial charge in [-0.1, -0.05) is 54.6 Å². The maximum absolute atomic E-state index is 6.28. The van der Waals surface area contributed by atoms with Crippen molar-refractivity contribution in [3.63, 3.8) is 0 Å². The zero-order valence-corrected chi connectivity index (χ0v) is 19.6. The first-order valence-corrected chi connectivity index (χ1v) is 12.2. The average Bonchev–Trinajstić information content (AvgIpc) is 3.59. The third-order valence-corrected chi connectivity index (χ3v) is 6.95. The van der Waals surface area contributed by atoms with Gasteiger partial charge in [0.1, 0.15) is 22.6 Å². The molecule has 0 saturated carbocycles. The maximum atomic E-state index is 6.28. The van der Waals surface area contributed by atoms with E-state index in [-0.39, 0.29) is 0 Å². The minimum absolute atomic E-state index is 0.519. The summed E-state index contributed by atoms with van der Waals surface area (Å²) in [6.45, 7) is 0. The van der Waals surface area contributed by atoms with Gasteiger partial charge in [-0.2, -0.15) is 0 Å². The smallest absolute Gasteiger partial charge is 0.219 e. The maximum Gasteiger partial charge on any atom is 0.219 e. The Kier molecular flexibility index (Phi) is 4.16. The summed E-state index contributed by atoms with van der Waals surface area (Å²) in [6.07, 6.45) is 3.83. The molecule has 0 fully saturated rings. The van der Waals surface area contributed by atoms with Gasteiger partial charge in [0.05, 0.1) is 11.2 Å². The van der Waals surface area contributed by atoms with Crippen LogP contribution < -0.4 is 4.74 Å². The summed E-state index contributed by atoms with van der Waals surface area (Å²) < 4.78 is 14.6. The highest BCUT2D eigenvalue weighted by atomic mass is 16.5. The molecule has 8 rings (SSSR count). The van der Waals surface area contributed by atoms with E-state index in [0.717, 1.165) is 55.1 Å². The van der Waals surface area contributed by atoms with E-state index in [9.17, 15) is 0 Å². The molecule has 0 unspecified atom stereocenters. The molecule has 0 spiro atoms. The highest BCUT2D eigenvalue weighted by Crippen LogP contribution is 2.36. The third-order valence-electron chi connectivity index (χ3n) is 6.95. The van der Waals surface area contributed by atoms with Gasteiger partial charge in [0.25, 0.3) is 0 Å². The summed E-state index contributed by atoms with van der Waals surface area (Å²) in [4.78, 5) is 9.47. The summed E-state index contributed by atoms with van der Waals surface area (Å²) in [6, 6.07) is 34.6. The topological polar surface area (TPSA) is 52.6 Å². The molecule has 0 aliphatic carbocycles. The van der Waals surface area contributed by atoms with Gasteiger partial charge in [-0.15, -0.1) is 0 Å². The number of ether oxygens (including phenoxy) is 1. The SMILES string of the molecule is c1cc(Oc2ccc3c4ccccc4n4ccnc4c3c2)nc(-c2cccc3c2oc2ccccc23)c1. The van der Waals surface area contributed by atoms with Gasteiger partial charge in [0.15, 0.2) is 0 Å². The van der Waals surface area contributed by atoms with Crippen molar-refractivity contribution in [2.75, 3.05) is 0 Å². The van der Waals surface area contributed by atoms with E-state index >= 15 is 0 Å². The molecule has 4 heterocycles. The minimum Gasteiger partial charge on any atom is -0.455 e. The molecule has 8 aromatic rings. The first-order chi connectivity index (χ1) is 18.3. The Bertz CT molecular complexity index is 2140. The summed E-state index contributed by atoms with van der Waals surface area (Å²) >= 11 is 0. The highest BCUT2D eigenvalue weighted by molar-refractivity contribution is 6.12. The number of hydrogen-bond donors (Lipinski definition) is 0. The van der Waals surface area contributed by atoms with E-state index in [4.69, 9.17) is 14.1 Å². The van der Waals surface area contributed by atoms with Crippen molar-refractivity contribution in [3.05, 3.63) is 116 Å². The van der Waals surface area contributed by atoms with E-state index in [1.165, 1.54) is 5.39 Å². The molecule has 4 aromatic heterocycles. The second-order valence-electron chi connectivity index (χ2n) is 9.09. The van der Waals surface area contributed by atoms with Crippen LogP contribution in [0.15, 0.2) is 120 Å². The van der Waals surface area contributed by atoms with Crippen LogP contribution in [0.5, 0.6) is 11.6 Å². The number of aromatic nitrogens is 3. The number of benzene rings is 4. The molecule has 0 aliphatic heterocycles. The van der Waals surface area contributed by atoms with E-state index in [0.29, 0.717) is 11.6 Å². The van der Waals surface area contributed by atoms with Gasteiger partial charge in [0.2, 0.25) is 5.88 Å². The number of para-hydroxylation sites is 3. The Morgan fingerprint density at radius 2 is 1.51 bits per heavy atom. The number of fused-ring (bicyclic) bond motifs is 9. The molecule has 0 radical (unpaired) electrons. The van der Waals surface area contributed by atoms with E-state index in [1.54, 1.807) is 0 Å². The molecule has 5 heteroatoms. The second kappa shape index (κ2) is 7.67. The van der Waals surface area contributed by atoms with Crippen molar-refractivity contribution in [1.82, 2.24) is 14.4 Å². The predicted octanol–water partition coefficient (Wildman–Crippen LogP) is 8.39. The number of imidazole rings is 1. The van der Waals surface area contributed by atoms with Crippen LogP contribution in [0.4, 0.5) is 0 Å². The Morgan fingerprint density at radius 3 is 2.49 bits per heavy atom. The van der Waals surface area contributed by atoms with Crippen LogP contribution in [0.1, 0.15) is 0 Å². The Balaban J connectivity index is 1.23. The fraction of sp³-hybridized carbons (Fsp3) is 0. The third kappa shape index (κ3) is 3.04. The summed E-state index contributed by atoms with van der Waals surface area (Å²) in [5.74, 6) is 1.23. The number of nitrogens with zero attached hydrogens (tertiary/aromatic N) is 3. The average molecular weight is 478 g/mol. The summed E-state index contributed by atoms with van der Waals surface area (Å²) in [7, 11) is 0. The zero-order chi connectivity index (χ0) is 24.3. The molecule has 0 atom stereocenters. The van der Waals surface area contributed by atoms with E-state index in [2.05, 4.69) is 51.8 Å². The van der Waals surface area contributed by atoms with E-state index in [1.807, 2.05) is 73.1 Å². The van der Waals surface area contributed by atoms with Crippen LogP contribution >= 0.6 is 0 Å². The van der Waals surface area contributed by atoms with Crippen LogP contribution in [0.3, 0.4) is 0 Å². The molecular weight excluding hydrogens is 458 g/mol. The van der Waals surface area contributed by atoms with Crippen molar-refractivity contribution in [2.45, 2.75) is 0 Å². The molecule has 0 N–H and O–H groups in total. The molecule has 5 nitrogen and oxygen atoms in total. The van der Waals surface area contributed by atoms with Crippen LogP contribution in [0.2, 0.25) is 0 Å². The molecule has 37 heavy (non-hydrogen) atoms. The number of hydrogen-bond acceptors (Lipinski definition) is 4. The lowest BCUT2D eigenvalue weighted by atomic mass is 10.1. The lowest BCUT2D eigenvalue weighted by molar-refractivity contribution is 0.464. The Hall–Kier alpha value is -5.16.